The average Bonchev–Trinajstić information content (AvgIpc) is 3.56. The van der Waals surface area contributed by atoms with Crippen molar-refractivity contribution in [2.75, 3.05) is 7.11 Å². The van der Waals surface area contributed by atoms with Crippen molar-refractivity contribution >= 4 is 23.9 Å². The summed E-state index contributed by atoms with van der Waals surface area (Å²) in [4.78, 5) is 51.4. The van der Waals surface area contributed by atoms with Crippen molar-refractivity contribution in [1.29, 1.82) is 0 Å². The van der Waals surface area contributed by atoms with E-state index in [1.165, 1.54) is 39.6 Å². The number of rotatable bonds is 5. The van der Waals surface area contributed by atoms with E-state index in [2.05, 4.69) is 0 Å². The Balaban J connectivity index is 1.62. The third kappa shape index (κ3) is 3.35. The number of carbonyl (C=O) groups is 4. The van der Waals surface area contributed by atoms with Gasteiger partial charge >= 0.3 is 23.9 Å². The van der Waals surface area contributed by atoms with Crippen LogP contribution in [-0.4, -0.2) is 59.7 Å². The van der Waals surface area contributed by atoms with E-state index in [-0.39, 0.29) is 6.42 Å². The van der Waals surface area contributed by atoms with Crippen LogP contribution in [-0.2, 0) is 42.9 Å². The van der Waals surface area contributed by atoms with Gasteiger partial charge in [0.15, 0.2) is 5.79 Å². The summed E-state index contributed by atoms with van der Waals surface area (Å²) >= 11 is 0. The van der Waals surface area contributed by atoms with Gasteiger partial charge in [-0.1, -0.05) is 27.7 Å². The summed E-state index contributed by atoms with van der Waals surface area (Å²) in [7, 11) is 1.30. The van der Waals surface area contributed by atoms with Crippen LogP contribution < -0.4 is 0 Å². The van der Waals surface area contributed by atoms with Crippen LogP contribution in [0.15, 0.2) is 34.7 Å². The number of hydrogen-bond donors (Lipinski definition) is 1. The number of fused-ring (bicyclic) bond motifs is 2. The topological polar surface area (TPSA) is 148 Å². The highest BCUT2D eigenvalue weighted by Crippen LogP contribution is 2.81. The molecule has 0 amide bonds. The Morgan fingerprint density at radius 2 is 1.74 bits per heavy atom. The van der Waals surface area contributed by atoms with Crippen molar-refractivity contribution in [2.24, 2.45) is 34.0 Å². The third-order valence-corrected chi connectivity index (χ3v) is 11.3. The molecule has 2 aliphatic carbocycles. The van der Waals surface area contributed by atoms with Crippen molar-refractivity contribution in [3.8, 4) is 0 Å². The highest BCUT2D eigenvalue weighted by molar-refractivity contribution is 5.85. The Bertz CT molecular complexity index is 1380. The van der Waals surface area contributed by atoms with Gasteiger partial charge in [-0.15, -0.1) is 0 Å². The Morgan fingerprint density at radius 3 is 2.33 bits per heavy atom. The van der Waals surface area contributed by atoms with E-state index >= 15 is 0 Å². The van der Waals surface area contributed by atoms with Crippen molar-refractivity contribution in [3.05, 3.63) is 35.8 Å². The lowest BCUT2D eigenvalue weighted by atomic mass is 9.37. The summed E-state index contributed by atoms with van der Waals surface area (Å²) in [6.45, 7) is 10.2. The summed E-state index contributed by atoms with van der Waals surface area (Å²) in [5.41, 5.74) is -3.08. The molecule has 2 saturated carbocycles. The molecule has 3 aliphatic heterocycles. The predicted molar refractivity (Wildman–Crippen MR) is 142 cm³/mol. The minimum atomic E-state index is -2.00. The zero-order valence-corrected chi connectivity index (χ0v) is 24.9. The molecule has 10 atom stereocenters. The third-order valence-electron chi connectivity index (χ3n) is 11.3. The van der Waals surface area contributed by atoms with Crippen LogP contribution in [0.25, 0.3) is 0 Å². The van der Waals surface area contributed by atoms with Gasteiger partial charge in [-0.3, -0.25) is 14.4 Å². The second-order valence-electron chi connectivity index (χ2n) is 13.6. The highest BCUT2D eigenvalue weighted by Gasteiger charge is 2.90. The Labute approximate surface area is 243 Å². The lowest BCUT2D eigenvalue weighted by molar-refractivity contribution is -0.326. The van der Waals surface area contributed by atoms with E-state index in [0.29, 0.717) is 24.0 Å². The second kappa shape index (κ2) is 8.92. The molecule has 0 aromatic carbocycles. The van der Waals surface area contributed by atoms with Gasteiger partial charge in [0, 0.05) is 54.1 Å². The SMILES string of the molecule is COC(=O)C[C@H]1C(C)(C)[C@H](OC(C)=O)[C@@H]2[C@@H](OC(C)=O)C34OC2(O)[C@]1(C)[C@H]3CC[C@]1(C)C4=CC(=O)O[C@H]1c1ccoc1. The van der Waals surface area contributed by atoms with Gasteiger partial charge in [-0.2, -0.15) is 0 Å². The summed E-state index contributed by atoms with van der Waals surface area (Å²) in [6.07, 6.45) is 2.55. The molecule has 4 heterocycles. The van der Waals surface area contributed by atoms with Crippen molar-refractivity contribution in [3.63, 3.8) is 0 Å². The fourth-order valence-corrected chi connectivity index (χ4v) is 9.79. The maximum Gasteiger partial charge on any atom is 0.331 e. The van der Waals surface area contributed by atoms with Crippen molar-refractivity contribution in [2.45, 2.75) is 90.5 Å². The van der Waals surface area contributed by atoms with Crippen LogP contribution in [0.3, 0.4) is 0 Å². The van der Waals surface area contributed by atoms with Crippen LogP contribution in [0.1, 0.15) is 72.5 Å². The Hall–Kier alpha value is -3.18. The van der Waals surface area contributed by atoms with E-state index in [1.807, 2.05) is 27.7 Å². The molecule has 6 rings (SSSR count). The molecular formula is C31H38O11. The maximum absolute atomic E-state index is 13.2. The first kappa shape index (κ1) is 28.9. The summed E-state index contributed by atoms with van der Waals surface area (Å²) in [5.74, 6) is -6.37. The van der Waals surface area contributed by atoms with E-state index < -0.39 is 87.6 Å². The molecule has 1 aromatic rings. The molecule has 11 nitrogen and oxygen atoms in total. The summed E-state index contributed by atoms with van der Waals surface area (Å²) in [5, 5.41) is 12.8. The van der Waals surface area contributed by atoms with Gasteiger partial charge < -0.3 is 33.2 Å². The van der Waals surface area contributed by atoms with E-state index in [1.54, 1.807) is 6.07 Å². The molecule has 1 N–H and O–H groups in total. The molecule has 2 bridgehead atoms. The molecule has 1 spiro atoms. The fourth-order valence-electron chi connectivity index (χ4n) is 9.79. The second-order valence-corrected chi connectivity index (χ2v) is 13.6. The van der Waals surface area contributed by atoms with Crippen LogP contribution in [0.2, 0.25) is 0 Å². The number of aliphatic hydroxyl groups is 1. The van der Waals surface area contributed by atoms with Crippen LogP contribution in [0, 0.1) is 34.0 Å². The number of cyclic esters (lactones) is 1. The van der Waals surface area contributed by atoms with Crippen LogP contribution >= 0.6 is 0 Å². The summed E-state index contributed by atoms with van der Waals surface area (Å²) < 4.78 is 35.2. The lowest BCUT2D eigenvalue weighted by Gasteiger charge is -2.66. The molecule has 2 saturated heterocycles. The first-order valence-corrected chi connectivity index (χ1v) is 14.4. The number of hydrogen-bond acceptors (Lipinski definition) is 11. The van der Waals surface area contributed by atoms with Crippen molar-refractivity contribution < 1.29 is 52.4 Å². The number of methoxy groups -OCH3 is 1. The molecule has 228 valence electrons. The van der Waals surface area contributed by atoms with E-state index in [9.17, 15) is 24.3 Å². The first-order valence-electron chi connectivity index (χ1n) is 14.4. The molecular weight excluding hydrogens is 548 g/mol. The van der Waals surface area contributed by atoms with Gasteiger partial charge in [-0.25, -0.2) is 4.79 Å². The Morgan fingerprint density at radius 1 is 1.07 bits per heavy atom. The van der Waals surface area contributed by atoms with Crippen LogP contribution in [0.4, 0.5) is 0 Å². The van der Waals surface area contributed by atoms with Gasteiger partial charge in [-0.05, 0) is 30.4 Å². The highest BCUT2D eigenvalue weighted by atomic mass is 16.7. The molecule has 0 radical (unpaired) electrons. The lowest BCUT2D eigenvalue weighted by Crippen LogP contribution is -2.75. The standard InChI is InChI=1S/C31H38O11/c1-15(32)39-25-23-26(40-16(2)33)30-18(29(6,31(23,36)42-30)19(27(25,3)4)12-21(34)37-7)8-10-28(5)20(30)13-22(35)41-24(28)17-9-11-38-14-17/h9,11,13-14,18-19,23-26,36H,8,10,12H2,1-7H3/t18-,19+,23-,24+,25-,26-,28-,29-,30?,31?/m1/s1. The molecule has 4 fully saturated rings. The molecule has 11 heteroatoms. The van der Waals surface area contributed by atoms with Crippen molar-refractivity contribution in [1.82, 2.24) is 0 Å². The number of carbonyl (C=O) groups excluding carboxylic acids is 4. The quantitative estimate of drug-likeness (QED) is 0.400. The molecule has 2 unspecified atom stereocenters. The van der Waals surface area contributed by atoms with Gasteiger partial charge in [0.1, 0.15) is 23.9 Å². The largest absolute Gasteiger partial charge is 0.472 e. The minimum absolute atomic E-state index is 0.0725. The monoisotopic (exact) mass is 586 g/mol. The van der Waals surface area contributed by atoms with Gasteiger partial charge in [0.2, 0.25) is 0 Å². The van der Waals surface area contributed by atoms with E-state index in [4.69, 9.17) is 28.1 Å². The fraction of sp³-hybridized carbons (Fsp3) is 0.677. The first-order chi connectivity index (χ1) is 19.6. The molecule has 5 aliphatic rings. The summed E-state index contributed by atoms with van der Waals surface area (Å²) in [6, 6.07) is 1.74. The molecule has 42 heavy (non-hydrogen) atoms. The predicted octanol–water partition coefficient (Wildman–Crippen LogP) is 3.40. The van der Waals surface area contributed by atoms with Gasteiger partial charge in [0.05, 0.1) is 25.6 Å². The zero-order chi connectivity index (χ0) is 30.6. The maximum atomic E-state index is 13.2. The minimum Gasteiger partial charge on any atom is -0.472 e. The van der Waals surface area contributed by atoms with Crippen LogP contribution in [0.5, 0.6) is 0 Å². The van der Waals surface area contributed by atoms with Gasteiger partial charge in [0.25, 0.3) is 0 Å². The molecule has 1 aromatic heterocycles. The smallest absolute Gasteiger partial charge is 0.331 e. The Kier molecular flexibility index (Phi) is 6.14. The number of ether oxygens (including phenoxy) is 5. The number of furan rings is 1. The van der Waals surface area contributed by atoms with E-state index in [0.717, 1.165) is 0 Å². The average molecular weight is 587 g/mol. The number of esters is 4. The zero-order valence-electron chi connectivity index (χ0n) is 24.9. The normalized spacial score (nSPS) is 44.3.